The first-order valence-corrected chi connectivity index (χ1v) is 6.59. The molecule has 0 spiro atoms. The van der Waals surface area contributed by atoms with E-state index in [1.165, 1.54) is 12.1 Å². The summed E-state index contributed by atoms with van der Waals surface area (Å²) in [6.45, 7) is 6.66. The zero-order chi connectivity index (χ0) is 14.0. The van der Waals surface area contributed by atoms with Crippen LogP contribution in [0.1, 0.15) is 32.6 Å². The first kappa shape index (κ1) is 14.0. The van der Waals surface area contributed by atoms with Gasteiger partial charge in [-0.05, 0) is 37.1 Å². The van der Waals surface area contributed by atoms with Crippen LogP contribution >= 0.6 is 0 Å². The topological polar surface area (TPSA) is 48.4 Å². The fraction of sp³-hybridized carbons (Fsp3) is 0.467. The highest BCUT2D eigenvalue weighted by atomic mass is 19.1. The summed E-state index contributed by atoms with van der Waals surface area (Å²) in [5.74, 6) is 0.631. The number of ether oxygens (including phenoxy) is 1. The predicted octanol–water partition coefficient (Wildman–Crippen LogP) is 3.63. The van der Waals surface area contributed by atoms with Crippen molar-refractivity contribution in [1.82, 2.24) is 0 Å². The lowest BCUT2D eigenvalue weighted by Gasteiger charge is -2.25. The Morgan fingerprint density at radius 1 is 1.32 bits per heavy atom. The van der Waals surface area contributed by atoms with Gasteiger partial charge in [0.05, 0.1) is 12.1 Å². The van der Waals surface area contributed by atoms with E-state index in [1.807, 2.05) is 6.92 Å². The summed E-state index contributed by atoms with van der Waals surface area (Å²) in [6.07, 6.45) is -0.115. The minimum Gasteiger partial charge on any atom is -0.459 e. The third-order valence-electron chi connectivity index (χ3n) is 3.20. The van der Waals surface area contributed by atoms with Gasteiger partial charge in [0.1, 0.15) is 17.2 Å². The number of fused-ring (bicyclic) bond motifs is 1. The van der Waals surface area contributed by atoms with E-state index in [2.05, 4.69) is 13.8 Å². The summed E-state index contributed by atoms with van der Waals surface area (Å²) in [7, 11) is 0. The molecule has 2 N–H and O–H groups in total. The van der Waals surface area contributed by atoms with E-state index >= 15 is 0 Å². The summed E-state index contributed by atoms with van der Waals surface area (Å²) >= 11 is 0. The average Bonchev–Trinajstić information content (AvgIpc) is 2.77. The summed E-state index contributed by atoms with van der Waals surface area (Å²) in [4.78, 5) is 0. The fourth-order valence-electron chi connectivity index (χ4n) is 2.26. The fourth-order valence-corrected chi connectivity index (χ4v) is 2.26. The molecule has 0 radical (unpaired) electrons. The molecule has 0 fully saturated rings. The van der Waals surface area contributed by atoms with E-state index in [0.717, 1.165) is 5.39 Å². The number of furan rings is 1. The van der Waals surface area contributed by atoms with Crippen LogP contribution in [0.3, 0.4) is 0 Å². The molecule has 0 saturated heterocycles. The zero-order valence-corrected chi connectivity index (χ0v) is 11.5. The normalized spacial score (nSPS) is 15.1. The molecule has 0 bridgehead atoms. The number of benzene rings is 1. The quantitative estimate of drug-likeness (QED) is 0.898. The van der Waals surface area contributed by atoms with Crippen LogP contribution in [0.25, 0.3) is 11.0 Å². The predicted molar refractivity (Wildman–Crippen MR) is 73.4 cm³/mol. The molecule has 104 valence electrons. The molecular weight excluding hydrogens is 245 g/mol. The van der Waals surface area contributed by atoms with E-state index in [-0.39, 0.29) is 23.9 Å². The van der Waals surface area contributed by atoms with Crippen LogP contribution in [-0.4, -0.2) is 12.7 Å². The third kappa shape index (κ3) is 2.96. The Labute approximate surface area is 112 Å². The van der Waals surface area contributed by atoms with Crippen molar-refractivity contribution in [1.29, 1.82) is 0 Å². The highest BCUT2D eigenvalue weighted by Crippen LogP contribution is 2.28. The molecule has 0 amide bonds. The molecule has 1 heterocycles. The van der Waals surface area contributed by atoms with Gasteiger partial charge >= 0.3 is 0 Å². The molecule has 0 aliphatic rings. The van der Waals surface area contributed by atoms with Crippen LogP contribution in [-0.2, 0) is 4.74 Å². The van der Waals surface area contributed by atoms with Crippen molar-refractivity contribution in [3.63, 3.8) is 0 Å². The Hall–Kier alpha value is -1.39. The molecule has 0 aliphatic carbocycles. The number of rotatable bonds is 5. The van der Waals surface area contributed by atoms with Crippen LogP contribution in [0.5, 0.6) is 0 Å². The van der Waals surface area contributed by atoms with Gasteiger partial charge in [-0.2, -0.15) is 0 Å². The summed E-state index contributed by atoms with van der Waals surface area (Å²) in [5.41, 5.74) is 6.86. The number of hydrogen-bond acceptors (Lipinski definition) is 3. The Bertz CT molecular complexity index is 550. The van der Waals surface area contributed by atoms with E-state index in [0.29, 0.717) is 18.0 Å². The Morgan fingerprint density at radius 2 is 2.05 bits per heavy atom. The largest absolute Gasteiger partial charge is 0.459 e. The van der Waals surface area contributed by atoms with Crippen LogP contribution < -0.4 is 5.73 Å². The van der Waals surface area contributed by atoms with Crippen molar-refractivity contribution < 1.29 is 13.5 Å². The van der Waals surface area contributed by atoms with Crippen LogP contribution in [0.2, 0.25) is 0 Å². The second-order valence-electron chi connectivity index (χ2n) is 5.02. The second kappa shape index (κ2) is 5.72. The zero-order valence-electron chi connectivity index (χ0n) is 11.5. The van der Waals surface area contributed by atoms with Gasteiger partial charge in [-0.1, -0.05) is 13.8 Å². The third-order valence-corrected chi connectivity index (χ3v) is 3.20. The summed E-state index contributed by atoms with van der Waals surface area (Å²) in [6, 6.07) is 5.88. The van der Waals surface area contributed by atoms with Gasteiger partial charge in [-0.25, -0.2) is 4.39 Å². The minimum atomic E-state index is -0.351. The van der Waals surface area contributed by atoms with Crippen LogP contribution in [0.15, 0.2) is 28.7 Å². The van der Waals surface area contributed by atoms with E-state index in [9.17, 15) is 4.39 Å². The smallest absolute Gasteiger partial charge is 0.134 e. The van der Waals surface area contributed by atoms with Crippen molar-refractivity contribution in [2.75, 3.05) is 6.61 Å². The van der Waals surface area contributed by atoms with Crippen molar-refractivity contribution >= 4 is 11.0 Å². The Morgan fingerprint density at radius 3 is 2.68 bits per heavy atom. The van der Waals surface area contributed by atoms with Crippen LogP contribution in [0.4, 0.5) is 4.39 Å². The molecule has 2 aromatic rings. The maximum absolute atomic E-state index is 13.2. The lowest BCUT2D eigenvalue weighted by atomic mass is 9.98. The molecular formula is C15H20FNO2. The number of hydrogen-bond donors (Lipinski definition) is 1. The SMILES string of the molecule is CCOC(C(C)C)C(N)c1cc2cc(F)ccc2o1. The lowest BCUT2D eigenvalue weighted by Crippen LogP contribution is -2.33. The molecule has 1 aromatic heterocycles. The summed E-state index contributed by atoms with van der Waals surface area (Å²) < 4.78 is 24.5. The van der Waals surface area contributed by atoms with Gasteiger partial charge in [-0.3, -0.25) is 0 Å². The molecule has 3 nitrogen and oxygen atoms in total. The van der Waals surface area contributed by atoms with Crippen LogP contribution in [0, 0.1) is 11.7 Å². The van der Waals surface area contributed by atoms with Gasteiger partial charge in [-0.15, -0.1) is 0 Å². The van der Waals surface area contributed by atoms with Gasteiger partial charge in [0.15, 0.2) is 0 Å². The first-order chi connectivity index (χ1) is 9.02. The highest BCUT2D eigenvalue weighted by molar-refractivity contribution is 5.78. The standard InChI is InChI=1S/C15H20FNO2/c1-4-18-15(9(2)3)14(17)13-8-10-7-11(16)5-6-12(10)19-13/h5-9,14-15H,4,17H2,1-3H3. The number of halogens is 1. The molecule has 0 aliphatic heterocycles. The monoisotopic (exact) mass is 265 g/mol. The Kier molecular flexibility index (Phi) is 4.22. The molecule has 2 atom stereocenters. The van der Waals surface area contributed by atoms with Gasteiger partial charge < -0.3 is 14.9 Å². The molecule has 19 heavy (non-hydrogen) atoms. The van der Waals surface area contributed by atoms with Gasteiger partial charge in [0.25, 0.3) is 0 Å². The molecule has 4 heteroatoms. The van der Waals surface area contributed by atoms with E-state index in [1.54, 1.807) is 12.1 Å². The maximum atomic E-state index is 13.2. The highest BCUT2D eigenvalue weighted by Gasteiger charge is 2.26. The van der Waals surface area contributed by atoms with Crippen molar-refractivity contribution in [2.24, 2.45) is 11.7 Å². The summed E-state index contributed by atoms with van der Waals surface area (Å²) in [5, 5.41) is 0.726. The van der Waals surface area contributed by atoms with Crippen molar-refractivity contribution in [2.45, 2.75) is 32.9 Å². The number of nitrogens with two attached hydrogens (primary N) is 1. The van der Waals surface area contributed by atoms with Crippen molar-refractivity contribution in [3.05, 3.63) is 35.8 Å². The lowest BCUT2D eigenvalue weighted by molar-refractivity contribution is 0.00794. The minimum absolute atomic E-state index is 0.115. The molecule has 2 unspecified atom stereocenters. The molecule has 1 aromatic carbocycles. The first-order valence-electron chi connectivity index (χ1n) is 6.59. The average molecular weight is 265 g/mol. The van der Waals surface area contributed by atoms with Gasteiger partial charge in [0, 0.05) is 12.0 Å². The maximum Gasteiger partial charge on any atom is 0.134 e. The molecule has 2 rings (SSSR count). The Balaban J connectivity index is 2.31. The van der Waals surface area contributed by atoms with Gasteiger partial charge in [0.2, 0.25) is 0 Å². The van der Waals surface area contributed by atoms with Crippen molar-refractivity contribution in [3.8, 4) is 0 Å². The van der Waals surface area contributed by atoms with E-state index < -0.39 is 0 Å². The molecule has 0 saturated carbocycles. The van der Waals surface area contributed by atoms with E-state index in [4.69, 9.17) is 14.9 Å². The second-order valence-corrected chi connectivity index (χ2v) is 5.02.